The number of nitrogens with zero attached hydrogens (tertiary/aromatic N) is 2. The van der Waals surface area contributed by atoms with Crippen LogP contribution in [-0.2, 0) is 11.3 Å². The van der Waals surface area contributed by atoms with E-state index in [1.807, 2.05) is 13.8 Å². The van der Waals surface area contributed by atoms with Crippen molar-refractivity contribution in [2.45, 2.75) is 39.3 Å². The number of carbonyl (C=O) groups is 1. The van der Waals surface area contributed by atoms with Crippen LogP contribution < -0.4 is 11.1 Å². The van der Waals surface area contributed by atoms with E-state index in [4.69, 9.17) is 5.73 Å². The van der Waals surface area contributed by atoms with Gasteiger partial charge in [-0.3, -0.25) is 4.79 Å². The number of nitrogens with one attached hydrogen (secondary N) is 1. The third-order valence-corrected chi connectivity index (χ3v) is 2.45. The molecule has 90 valence electrons. The van der Waals surface area contributed by atoms with Crippen molar-refractivity contribution in [1.82, 2.24) is 14.9 Å². The van der Waals surface area contributed by atoms with E-state index in [0.717, 1.165) is 18.5 Å². The van der Waals surface area contributed by atoms with E-state index in [2.05, 4.69) is 10.3 Å². The largest absolute Gasteiger partial charge is 0.355 e. The van der Waals surface area contributed by atoms with E-state index in [1.54, 1.807) is 17.1 Å². The molecule has 1 aromatic rings. The molecule has 0 aliphatic carbocycles. The first-order chi connectivity index (χ1) is 7.69. The molecule has 1 heterocycles. The Morgan fingerprint density at radius 3 is 3.00 bits per heavy atom. The van der Waals surface area contributed by atoms with Crippen LogP contribution in [0, 0.1) is 0 Å². The Morgan fingerprint density at radius 2 is 2.38 bits per heavy atom. The molecule has 0 aliphatic heterocycles. The second-order valence-electron chi connectivity index (χ2n) is 3.81. The molecule has 1 amide bonds. The van der Waals surface area contributed by atoms with E-state index < -0.39 is 0 Å². The van der Waals surface area contributed by atoms with Crippen molar-refractivity contribution < 1.29 is 4.79 Å². The van der Waals surface area contributed by atoms with Gasteiger partial charge in [-0.05, 0) is 12.8 Å². The Labute approximate surface area is 96.0 Å². The zero-order chi connectivity index (χ0) is 12.0. The molecule has 0 fully saturated rings. The minimum absolute atomic E-state index is 0.00408. The maximum Gasteiger partial charge on any atom is 0.239 e. The van der Waals surface area contributed by atoms with E-state index in [1.165, 1.54) is 0 Å². The lowest BCUT2D eigenvalue weighted by Crippen LogP contribution is -2.29. The molecule has 0 radical (unpaired) electrons. The number of hydrogen-bond acceptors (Lipinski definition) is 3. The molecule has 5 nitrogen and oxygen atoms in total. The Balaban J connectivity index is 2.59. The highest BCUT2D eigenvalue weighted by Gasteiger charge is 2.11. The minimum atomic E-state index is -0.0542. The van der Waals surface area contributed by atoms with Gasteiger partial charge in [-0.2, -0.15) is 0 Å². The average molecular weight is 224 g/mol. The number of nitrogens with two attached hydrogens (primary N) is 1. The molecule has 16 heavy (non-hydrogen) atoms. The summed E-state index contributed by atoms with van der Waals surface area (Å²) in [6, 6.07) is -0.0542. The lowest BCUT2D eigenvalue weighted by atomic mass is 10.2. The fraction of sp³-hybridized carbons (Fsp3) is 0.636. The van der Waals surface area contributed by atoms with Gasteiger partial charge in [-0.25, -0.2) is 4.98 Å². The summed E-state index contributed by atoms with van der Waals surface area (Å²) in [5, 5.41) is 2.83. The van der Waals surface area contributed by atoms with Crippen LogP contribution in [-0.4, -0.2) is 22.0 Å². The summed E-state index contributed by atoms with van der Waals surface area (Å²) in [5.41, 5.74) is 6.83. The van der Waals surface area contributed by atoms with E-state index in [0.29, 0.717) is 13.1 Å². The number of carbonyl (C=O) groups excluding carboxylic acids is 1. The maximum absolute atomic E-state index is 11.5. The smallest absolute Gasteiger partial charge is 0.239 e. The quantitative estimate of drug-likeness (QED) is 0.751. The molecule has 1 rings (SSSR count). The third kappa shape index (κ3) is 3.34. The molecule has 1 aromatic heterocycles. The fourth-order valence-corrected chi connectivity index (χ4v) is 1.46. The van der Waals surface area contributed by atoms with Crippen LogP contribution >= 0.6 is 0 Å². The molecule has 1 atom stereocenters. The molecule has 0 spiro atoms. The Kier molecular flexibility index (Phi) is 4.98. The van der Waals surface area contributed by atoms with Crippen LogP contribution in [0.4, 0.5) is 0 Å². The SMILES string of the molecule is CCCNC(=O)Cn1cncc1[C@H](N)CC. The second kappa shape index (κ2) is 6.27. The molecule has 0 bridgehead atoms. The first-order valence-electron chi connectivity index (χ1n) is 5.71. The van der Waals surface area contributed by atoms with Crippen molar-refractivity contribution in [2.75, 3.05) is 6.54 Å². The summed E-state index contributed by atoms with van der Waals surface area (Å²) >= 11 is 0. The molecule has 0 saturated carbocycles. The van der Waals surface area contributed by atoms with Gasteiger partial charge < -0.3 is 15.6 Å². The minimum Gasteiger partial charge on any atom is -0.355 e. The molecule has 0 aliphatic rings. The molecular weight excluding hydrogens is 204 g/mol. The van der Waals surface area contributed by atoms with E-state index in [-0.39, 0.29) is 11.9 Å². The Hall–Kier alpha value is -1.36. The van der Waals surface area contributed by atoms with Gasteiger partial charge >= 0.3 is 0 Å². The van der Waals surface area contributed by atoms with Crippen molar-refractivity contribution in [1.29, 1.82) is 0 Å². The maximum atomic E-state index is 11.5. The van der Waals surface area contributed by atoms with Crippen LogP contribution in [0.15, 0.2) is 12.5 Å². The van der Waals surface area contributed by atoms with Crippen LogP contribution in [0.2, 0.25) is 0 Å². The van der Waals surface area contributed by atoms with E-state index >= 15 is 0 Å². The van der Waals surface area contributed by atoms with Crippen molar-refractivity contribution in [2.24, 2.45) is 5.73 Å². The fourth-order valence-electron chi connectivity index (χ4n) is 1.46. The van der Waals surface area contributed by atoms with Gasteiger partial charge in [0, 0.05) is 18.8 Å². The van der Waals surface area contributed by atoms with Gasteiger partial charge in [0.15, 0.2) is 0 Å². The lowest BCUT2D eigenvalue weighted by Gasteiger charge is -2.12. The molecule has 0 aromatic carbocycles. The Morgan fingerprint density at radius 1 is 1.62 bits per heavy atom. The molecule has 0 unspecified atom stereocenters. The number of amides is 1. The van der Waals surface area contributed by atoms with Gasteiger partial charge in [0.25, 0.3) is 0 Å². The van der Waals surface area contributed by atoms with Crippen molar-refractivity contribution in [3.8, 4) is 0 Å². The van der Waals surface area contributed by atoms with Gasteiger partial charge in [-0.1, -0.05) is 13.8 Å². The standard InChI is InChI=1S/C11H20N4O/c1-3-5-14-11(16)7-15-8-13-6-10(15)9(12)4-2/h6,8-9H,3-5,7,12H2,1-2H3,(H,14,16)/t9-/m1/s1. The summed E-state index contributed by atoms with van der Waals surface area (Å²) in [7, 11) is 0. The highest BCUT2D eigenvalue weighted by atomic mass is 16.1. The topological polar surface area (TPSA) is 72.9 Å². The lowest BCUT2D eigenvalue weighted by molar-refractivity contribution is -0.121. The van der Waals surface area contributed by atoms with Crippen molar-refractivity contribution in [3.63, 3.8) is 0 Å². The van der Waals surface area contributed by atoms with Crippen LogP contribution in [0.3, 0.4) is 0 Å². The first kappa shape index (κ1) is 12.7. The second-order valence-corrected chi connectivity index (χ2v) is 3.81. The summed E-state index contributed by atoms with van der Waals surface area (Å²) in [6.45, 7) is 5.04. The van der Waals surface area contributed by atoms with Gasteiger partial charge in [0.2, 0.25) is 5.91 Å². The van der Waals surface area contributed by atoms with E-state index in [9.17, 15) is 4.79 Å². The van der Waals surface area contributed by atoms with Crippen molar-refractivity contribution in [3.05, 3.63) is 18.2 Å². The first-order valence-corrected chi connectivity index (χ1v) is 5.71. The molecule has 0 saturated heterocycles. The summed E-state index contributed by atoms with van der Waals surface area (Å²) in [5.74, 6) is 0.00408. The average Bonchev–Trinajstić information content (AvgIpc) is 2.73. The Bertz CT molecular complexity index is 334. The summed E-state index contributed by atoms with van der Waals surface area (Å²) in [4.78, 5) is 15.6. The zero-order valence-electron chi connectivity index (χ0n) is 9.94. The van der Waals surface area contributed by atoms with Gasteiger partial charge in [0.1, 0.15) is 6.54 Å². The number of imidazole rings is 1. The number of rotatable bonds is 6. The number of aromatic nitrogens is 2. The monoisotopic (exact) mass is 224 g/mol. The summed E-state index contributed by atoms with van der Waals surface area (Å²) in [6.07, 6.45) is 5.15. The van der Waals surface area contributed by atoms with Gasteiger partial charge in [0.05, 0.1) is 12.0 Å². The molecular formula is C11H20N4O. The summed E-state index contributed by atoms with van der Waals surface area (Å²) < 4.78 is 1.80. The normalized spacial score (nSPS) is 12.4. The predicted octanol–water partition coefficient (Wildman–Crippen LogP) is 0.819. The number of hydrogen-bond donors (Lipinski definition) is 2. The highest BCUT2D eigenvalue weighted by molar-refractivity contribution is 5.75. The van der Waals surface area contributed by atoms with Crippen LogP contribution in [0.1, 0.15) is 38.4 Å². The third-order valence-electron chi connectivity index (χ3n) is 2.45. The van der Waals surface area contributed by atoms with Crippen LogP contribution in [0.25, 0.3) is 0 Å². The zero-order valence-corrected chi connectivity index (χ0v) is 9.94. The van der Waals surface area contributed by atoms with Crippen molar-refractivity contribution >= 4 is 5.91 Å². The highest BCUT2D eigenvalue weighted by Crippen LogP contribution is 2.12. The molecule has 3 N–H and O–H groups in total. The van der Waals surface area contributed by atoms with Gasteiger partial charge in [-0.15, -0.1) is 0 Å². The van der Waals surface area contributed by atoms with Crippen LogP contribution in [0.5, 0.6) is 0 Å². The molecule has 5 heteroatoms. The predicted molar refractivity (Wildman–Crippen MR) is 62.7 cm³/mol.